The van der Waals surface area contributed by atoms with E-state index in [9.17, 15) is 0 Å². The minimum absolute atomic E-state index is 0.866. The van der Waals surface area contributed by atoms with Crippen molar-refractivity contribution in [2.45, 2.75) is 26.2 Å². The maximum atomic E-state index is 5.25. The number of aromatic nitrogens is 1. The first kappa shape index (κ1) is 15.4. The van der Waals surface area contributed by atoms with Crippen LogP contribution in [0.2, 0.25) is 0 Å². The van der Waals surface area contributed by atoms with E-state index in [0.29, 0.717) is 0 Å². The van der Waals surface area contributed by atoms with E-state index < -0.39 is 0 Å². The Morgan fingerprint density at radius 3 is 2.52 bits per heavy atom. The predicted molar refractivity (Wildman–Crippen MR) is 98.0 cm³/mol. The molecule has 2 heteroatoms. The molecule has 118 valence electrons. The van der Waals surface area contributed by atoms with Crippen molar-refractivity contribution in [1.82, 2.24) is 4.57 Å². The molecule has 3 aromatic rings. The highest BCUT2D eigenvalue weighted by molar-refractivity contribution is 5.87. The molecule has 1 aromatic heterocycles. The number of aryl methyl sites for hydroxylation is 1. The van der Waals surface area contributed by atoms with Crippen LogP contribution in [-0.4, -0.2) is 11.7 Å². The molecule has 0 bridgehead atoms. The van der Waals surface area contributed by atoms with Crippen LogP contribution in [0.15, 0.2) is 61.2 Å². The van der Waals surface area contributed by atoms with E-state index in [1.165, 1.54) is 29.4 Å². The summed E-state index contributed by atoms with van der Waals surface area (Å²) in [6, 6.07) is 18.9. The maximum Gasteiger partial charge on any atom is 0.118 e. The highest BCUT2D eigenvalue weighted by Gasteiger charge is 2.12. The van der Waals surface area contributed by atoms with Gasteiger partial charge in [-0.25, -0.2) is 0 Å². The van der Waals surface area contributed by atoms with Gasteiger partial charge < -0.3 is 9.30 Å². The molecule has 2 aromatic carbocycles. The summed E-state index contributed by atoms with van der Waals surface area (Å²) in [4.78, 5) is 0. The first-order valence-electron chi connectivity index (χ1n) is 8.17. The van der Waals surface area contributed by atoms with Crippen molar-refractivity contribution in [2.24, 2.45) is 0 Å². The number of hydrogen-bond donors (Lipinski definition) is 0. The fraction of sp³-hybridized carbons (Fsp3) is 0.238. The molecular weight excluding hydrogens is 282 g/mol. The lowest BCUT2D eigenvalue weighted by Gasteiger charge is -2.14. The second kappa shape index (κ2) is 6.74. The molecule has 0 aliphatic rings. The smallest absolute Gasteiger partial charge is 0.118 e. The first-order chi connectivity index (χ1) is 11.2. The lowest BCUT2D eigenvalue weighted by molar-refractivity contribution is 0.415. The fourth-order valence-electron chi connectivity index (χ4n) is 2.99. The van der Waals surface area contributed by atoms with Crippen LogP contribution >= 0.6 is 0 Å². The number of fused-ring (bicyclic) bond motifs is 1. The van der Waals surface area contributed by atoms with Gasteiger partial charge in [0.1, 0.15) is 5.75 Å². The van der Waals surface area contributed by atoms with Crippen LogP contribution in [-0.2, 0) is 6.42 Å². The van der Waals surface area contributed by atoms with Gasteiger partial charge in [0.2, 0.25) is 0 Å². The van der Waals surface area contributed by atoms with Crippen molar-refractivity contribution in [3.8, 4) is 5.75 Å². The highest BCUT2D eigenvalue weighted by Crippen LogP contribution is 2.28. The van der Waals surface area contributed by atoms with E-state index in [1.807, 2.05) is 12.1 Å². The summed E-state index contributed by atoms with van der Waals surface area (Å²) in [5, 5.41) is 1.27. The zero-order valence-electron chi connectivity index (χ0n) is 13.9. The van der Waals surface area contributed by atoms with Gasteiger partial charge in [-0.3, -0.25) is 0 Å². The van der Waals surface area contributed by atoms with Gasteiger partial charge in [0.05, 0.1) is 12.6 Å². The van der Waals surface area contributed by atoms with E-state index in [-0.39, 0.29) is 0 Å². The second-order valence-electron chi connectivity index (χ2n) is 5.81. The van der Waals surface area contributed by atoms with E-state index in [0.717, 1.165) is 23.4 Å². The van der Waals surface area contributed by atoms with E-state index in [4.69, 9.17) is 4.74 Å². The molecule has 0 amide bonds. The minimum Gasteiger partial charge on any atom is -0.497 e. The lowest BCUT2D eigenvalue weighted by atomic mass is 10.1. The number of nitrogens with zero attached hydrogens (tertiary/aromatic N) is 1. The zero-order chi connectivity index (χ0) is 16.2. The fourth-order valence-corrected chi connectivity index (χ4v) is 2.99. The largest absolute Gasteiger partial charge is 0.497 e. The van der Waals surface area contributed by atoms with Gasteiger partial charge in [-0.05, 0) is 54.8 Å². The van der Waals surface area contributed by atoms with Crippen LogP contribution in [0.4, 0.5) is 0 Å². The topological polar surface area (TPSA) is 14.2 Å². The average molecular weight is 305 g/mol. The Bertz CT molecular complexity index is 811. The molecule has 2 nitrogen and oxygen atoms in total. The maximum absolute atomic E-state index is 5.25. The Morgan fingerprint density at radius 2 is 1.83 bits per heavy atom. The molecule has 0 radical (unpaired) electrons. The SMILES string of the molecule is C=C(c1ccc(OC)cc1)n1c(CCCC)cc2ccccc21. The van der Waals surface area contributed by atoms with Gasteiger partial charge in [-0.15, -0.1) is 0 Å². The van der Waals surface area contributed by atoms with Gasteiger partial charge in [-0.1, -0.05) is 38.1 Å². The number of para-hydroxylation sites is 1. The molecule has 0 aliphatic heterocycles. The summed E-state index contributed by atoms with van der Waals surface area (Å²) in [5.41, 5.74) is 4.68. The Hall–Kier alpha value is -2.48. The van der Waals surface area contributed by atoms with E-state index in [2.05, 4.69) is 60.5 Å². The molecular formula is C21H23NO. The molecule has 0 spiro atoms. The van der Waals surface area contributed by atoms with Crippen LogP contribution in [0.3, 0.4) is 0 Å². The summed E-state index contributed by atoms with van der Waals surface area (Å²) in [5.74, 6) is 0.866. The van der Waals surface area contributed by atoms with Crippen LogP contribution in [0, 0.1) is 0 Å². The van der Waals surface area contributed by atoms with Gasteiger partial charge in [0.25, 0.3) is 0 Å². The van der Waals surface area contributed by atoms with E-state index >= 15 is 0 Å². The van der Waals surface area contributed by atoms with Gasteiger partial charge in [-0.2, -0.15) is 0 Å². The van der Waals surface area contributed by atoms with Crippen LogP contribution < -0.4 is 4.74 Å². The third-order valence-electron chi connectivity index (χ3n) is 4.27. The Kier molecular flexibility index (Phi) is 4.52. The molecule has 1 heterocycles. The number of benzene rings is 2. The first-order valence-corrected chi connectivity index (χ1v) is 8.17. The number of unbranched alkanes of at least 4 members (excludes halogenated alkanes) is 1. The Labute approximate surface area is 138 Å². The van der Waals surface area contributed by atoms with Gasteiger partial charge in [0, 0.05) is 16.8 Å². The van der Waals surface area contributed by atoms with Gasteiger partial charge >= 0.3 is 0 Å². The van der Waals surface area contributed by atoms with Crippen molar-refractivity contribution in [3.63, 3.8) is 0 Å². The van der Waals surface area contributed by atoms with E-state index in [1.54, 1.807) is 7.11 Å². The average Bonchev–Trinajstić information content (AvgIpc) is 2.97. The molecule has 0 aliphatic carbocycles. The zero-order valence-corrected chi connectivity index (χ0v) is 13.9. The van der Waals surface area contributed by atoms with Crippen molar-refractivity contribution in [3.05, 3.63) is 72.4 Å². The third-order valence-corrected chi connectivity index (χ3v) is 4.27. The highest BCUT2D eigenvalue weighted by atomic mass is 16.5. The molecule has 0 unspecified atom stereocenters. The number of hydrogen-bond acceptors (Lipinski definition) is 1. The number of rotatable bonds is 6. The molecule has 0 saturated carbocycles. The quantitative estimate of drug-likeness (QED) is 0.585. The lowest BCUT2D eigenvalue weighted by Crippen LogP contribution is -2.03. The molecule has 23 heavy (non-hydrogen) atoms. The number of methoxy groups -OCH3 is 1. The monoisotopic (exact) mass is 305 g/mol. The van der Waals surface area contributed by atoms with Crippen molar-refractivity contribution < 1.29 is 4.74 Å². The molecule has 0 N–H and O–H groups in total. The summed E-state index contributed by atoms with van der Waals surface area (Å²) < 4.78 is 7.55. The third kappa shape index (κ3) is 3.02. The molecule has 0 fully saturated rings. The Morgan fingerprint density at radius 1 is 1.09 bits per heavy atom. The molecule has 3 rings (SSSR count). The van der Waals surface area contributed by atoms with Crippen LogP contribution in [0.1, 0.15) is 31.0 Å². The van der Waals surface area contributed by atoms with Crippen LogP contribution in [0.5, 0.6) is 5.75 Å². The summed E-state index contributed by atoms with van der Waals surface area (Å²) >= 11 is 0. The minimum atomic E-state index is 0.866. The molecule has 0 saturated heterocycles. The van der Waals surface area contributed by atoms with Crippen LogP contribution in [0.25, 0.3) is 16.6 Å². The van der Waals surface area contributed by atoms with Crippen molar-refractivity contribution in [1.29, 1.82) is 0 Å². The summed E-state index contributed by atoms with van der Waals surface area (Å²) in [6.07, 6.45) is 3.45. The van der Waals surface area contributed by atoms with Gasteiger partial charge in [0.15, 0.2) is 0 Å². The standard InChI is InChI=1S/C21H23NO/c1-4-5-9-19-15-18-8-6-7-10-21(18)22(19)16(2)17-11-13-20(23-3)14-12-17/h6-8,10-15H,2,4-5,9H2,1,3H3. The normalized spacial score (nSPS) is 10.9. The summed E-state index contributed by atoms with van der Waals surface area (Å²) in [6.45, 7) is 6.59. The molecule has 0 atom stereocenters. The Balaban J connectivity index is 2.06. The number of ether oxygens (including phenoxy) is 1. The van der Waals surface area contributed by atoms with Crippen molar-refractivity contribution in [2.75, 3.05) is 7.11 Å². The summed E-state index contributed by atoms with van der Waals surface area (Å²) in [7, 11) is 1.69. The second-order valence-corrected chi connectivity index (χ2v) is 5.81. The van der Waals surface area contributed by atoms with Crippen molar-refractivity contribution >= 4 is 16.6 Å². The predicted octanol–water partition coefficient (Wildman–Crippen LogP) is 5.51.